The topological polar surface area (TPSA) is 114 Å². The highest BCUT2D eigenvalue weighted by molar-refractivity contribution is 5.74. The normalized spacial score (nSPS) is 41.8. The van der Waals surface area contributed by atoms with Crippen molar-refractivity contribution < 1.29 is 42.5 Å². The van der Waals surface area contributed by atoms with Crippen molar-refractivity contribution >= 4 is 17.9 Å². The van der Waals surface area contributed by atoms with E-state index in [0.29, 0.717) is 13.0 Å². The fraction of sp³-hybridized carbons (Fsp3) is 0.708. The van der Waals surface area contributed by atoms with Crippen molar-refractivity contribution in [2.75, 3.05) is 19.8 Å². The van der Waals surface area contributed by atoms with Crippen molar-refractivity contribution in [1.82, 2.24) is 0 Å². The molecule has 0 bridgehead atoms. The van der Waals surface area contributed by atoms with Gasteiger partial charge in [0.25, 0.3) is 0 Å². The Balaban J connectivity index is 1.65. The average molecular weight is 462 g/mol. The van der Waals surface area contributed by atoms with Gasteiger partial charge in [-0.15, -0.1) is 0 Å². The fourth-order valence-corrected chi connectivity index (χ4v) is 6.69. The van der Waals surface area contributed by atoms with Crippen LogP contribution in [-0.2, 0) is 38.1 Å². The molecule has 33 heavy (non-hydrogen) atoms. The molecule has 2 spiro atoms. The first kappa shape index (κ1) is 22.4. The molecule has 0 unspecified atom stereocenters. The smallest absolute Gasteiger partial charge is 0.309 e. The summed E-state index contributed by atoms with van der Waals surface area (Å²) in [6.45, 7) is 5.18. The zero-order valence-electron chi connectivity index (χ0n) is 19.2. The standard InChI is InChI=1S/C24H30O9/c1-14-20(27)30-12-22(11-29-15(2)25)19(5-4-7-23(22)13-31-23)24(14)9-18(17-6-8-28-10-17)33-21(24)32-16(3)26/h6,8,10,14,18-19,21H,4-5,7,9,11-13H2,1-3H3/t14-,18+,19+,21-,22-,23-,24-/m1/s1. The number of cyclic esters (lactones) is 1. The Labute approximate surface area is 192 Å². The summed E-state index contributed by atoms with van der Waals surface area (Å²) in [4.78, 5) is 37.3. The number of rotatable bonds is 4. The summed E-state index contributed by atoms with van der Waals surface area (Å²) in [5.74, 6) is -2.09. The van der Waals surface area contributed by atoms with Crippen LogP contribution >= 0.6 is 0 Å². The zero-order valence-corrected chi connectivity index (χ0v) is 19.2. The molecule has 4 fully saturated rings. The van der Waals surface area contributed by atoms with Crippen LogP contribution in [0, 0.1) is 22.7 Å². The van der Waals surface area contributed by atoms with E-state index in [1.807, 2.05) is 13.0 Å². The summed E-state index contributed by atoms with van der Waals surface area (Å²) >= 11 is 0. The van der Waals surface area contributed by atoms with E-state index in [2.05, 4.69) is 0 Å². The second-order valence-electron chi connectivity index (χ2n) is 9.93. The SMILES string of the molecule is CC(=O)OC[C@@]12COC(=O)[C@@H](C)[C@]3(C[C@@H](c4ccoc4)O[C@H]3OC(C)=O)[C@H]1CCC[C@@]21CO1. The molecule has 3 aliphatic heterocycles. The molecular formula is C24H30O9. The van der Waals surface area contributed by atoms with E-state index >= 15 is 0 Å². The van der Waals surface area contributed by atoms with Gasteiger partial charge < -0.3 is 28.1 Å². The highest BCUT2D eigenvalue weighted by atomic mass is 16.7. The van der Waals surface area contributed by atoms with Gasteiger partial charge in [-0.25, -0.2) is 0 Å². The molecular weight excluding hydrogens is 432 g/mol. The van der Waals surface area contributed by atoms with Crippen molar-refractivity contribution in [3.05, 3.63) is 24.2 Å². The Morgan fingerprint density at radius 2 is 2.00 bits per heavy atom. The van der Waals surface area contributed by atoms with Gasteiger partial charge in [-0.1, -0.05) is 13.3 Å². The first-order chi connectivity index (χ1) is 15.7. The van der Waals surface area contributed by atoms with Crippen molar-refractivity contribution in [2.24, 2.45) is 22.7 Å². The average Bonchev–Trinajstić information content (AvgIpc) is 3.21. The third-order valence-electron chi connectivity index (χ3n) is 8.41. The molecule has 5 rings (SSSR count). The van der Waals surface area contributed by atoms with Crippen LogP contribution in [0.3, 0.4) is 0 Å². The number of ether oxygens (including phenoxy) is 5. The molecule has 9 nitrogen and oxygen atoms in total. The molecule has 7 atom stereocenters. The Morgan fingerprint density at radius 3 is 2.64 bits per heavy atom. The second kappa shape index (κ2) is 7.84. The van der Waals surface area contributed by atoms with Crippen molar-refractivity contribution in [2.45, 2.75) is 64.4 Å². The van der Waals surface area contributed by atoms with Crippen molar-refractivity contribution in [3.8, 4) is 0 Å². The van der Waals surface area contributed by atoms with Gasteiger partial charge >= 0.3 is 17.9 Å². The van der Waals surface area contributed by atoms with E-state index in [4.69, 9.17) is 28.1 Å². The summed E-state index contributed by atoms with van der Waals surface area (Å²) < 4.78 is 34.8. The van der Waals surface area contributed by atoms with Gasteiger partial charge in [0.1, 0.15) is 18.8 Å². The lowest BCUT2D eigenvalue weighted by molar-refractivity contribution is -0.222. The minimum Gasteiger partial charge on any atom is -0.472 e. The molecule has 1 aromatic heterocycles. The van der Waals surface area contributed by atoms with E-state index in [1.165, 1.54) is 13.8 Å². The maximum Gasteiger partial charge on any atom is 0.309 e. The predicted molar refractivity (Wildman–Crippen MR) is 110 cm³/mol. The van der Waals surface area contributed by atoms with Gasteiger partial charge in [-0.2, -0.15) is 0 Å². The summed E-state index contributed by atoms with van der Waals surface area (Å²) in [7, 11) is 0. The second-order valence-corrected chi connectivity index (χ2v) is 9.93. The molecule has 0 aromatic carbocycles. The Morgan fingerprint density at radius 1 is 1.21 bits per heavy atom. The number of esters is 3. The molecule has 1 saturated carbocycles. The maximum absolute atomic E-state index is 13.3. The van der Waals surface area contributed by atoms with E-state index in [9.17, 15) is 14.4 Å². The van der Waals surface area contributed by atoms with E-state index in [0.717, 1.165) is 24.8 Å². The third kappa shape index (κ3) is 3.31. The first-order valence-corrected chi connectivity index (χ1v) is 11.5. The number of carbonyl (C=O) groups excluding carboxylic acids is 3. The highest BCUT2D eigenvalue weighted by Gasteiger charge is 2.75. The molecule has 1 aromatic rings. The lowest BCUT2D eigenvalue weighted by Crippen LogP contribution is -2.61. The molecule has 0 N–H and O–H groups in total. The van der Waals surface area contributed by atoms with E-state index < -0.39 is 46.7 Å². The van der Waals surface area contributed by atoms with Crippen LogP contribution in [0.5, 0.6) is 0 Å². The number of epoxide rings is 1. The quantitative estimate of drug-likeness (QED) is 0.378. The number of fused-ring (bicyclic) bond motifs is 3. The van der Waals surface area contributed by atoms with Crippen LogP contribution in [-0.4, -0.2) is 49.6 Å². The first-order valence-electron chi connectivity index (χ1n) is 11.5. The predicted octanol–water partition coefficient (Wildman–Crippen LogP) is 2.93. The fourth-order valence-electron chi connectivity index (χ4n) is 6.69. The van der Waals surface area contributed by atoms with Gasteiger partial charge in [0.15, 0.2) is 0 Å². The summed E-state index contributed by atoms with van der Waals surface area (Å²) in [5, 5.41) is 0. The third-order valence-corrected chi connectivity index (χ3v) is 8.41. The summed E-state index contributed by atoms with van der Waals surface area (Å²) in [5.41, 5.74) is -1.38. The molecule has 1 aliphatic carbocycles. The molecule has 9 heteroatoms. The van der Waals surface area contributed by atoms with E-state index in [1.54, 1.807) is 12.5 Å². The Kier molecular flexibility index (Phi) is 5.32. The van der Waals surface area contributed by atoms with Gasteiger partial charge in [-0.05, 0) is 31.2 Å². The molecule has 0 amide bonds. The minimum atomic E-state index is -0.967. The zero-order chi connectivity index (χ0) is 23.4. The molecule has 180 valence electrons. The number of hydrogen-bond acceptors (Lipinski definition) is 9. The van der Waals surface area contributed by atoms with E-state index in [-0.39, 0.29) is 25.1 Å². The minimum absolute atomic E-state index is 0.0674. The van der Waals surface area contributed by atoms with Crippen LogP contribution in [0.2, 0.25) is 0 Å². The summed E-state index contributed by atoms with van der Waals surface area (Å²) in [6.07, 6.45) is 4.61. The monoisotopic (exact) mass is 462 g/mol. The van der Waals surface area contributed by atoms with Crippen LogP contribution in [0.4, 0.5) is 0 Å². The number of furan rings is 1. The molecule has 4 aliphatic rings. The van der Waals surface area contributed by atoms with Gasteiger partial charge in [0.2, 0.25) is 6.29 Å². The lowest BCUT2D eigenvalue weighted by Gasteiger charge is -2.54. The Bertz CT molecular complexity index is 932. The Hall–Kier alpha value is -2.39. The van der Waals surface area contributed by atoms with Crippen molar-refractivity contribution in [1.29, 1.82) is 0 Å². The lowest BCUT2D eigenvalue weighted by atomic mass is 9.49. The molecule has 0 radical (unpaired) electrons. The highest BCUT2D eigenvalue weighted by Crippen LogP contribution is 2.68. The van der Waals surface area contributed by atoms with Gasteiger partial charge in [0, 0.05) is 19.4 Å². The van der Waals surface area contributed by atoms with Crippen molar-refractivity contribution in [3.63, 3.8) is 0 Å². The van der Waals surface area contributed by atoms with Crippen LogP contribution < -0.4 is 0 Å². The van der Waals surface area contributed by atoms with Crippen LogP contribution in [0.1, 0.15) is 58.1 Å². The number of carbonyl (C=O) groups is 3. The largest absolute Gasteiger partial charge is 0.472 e. The summed E-state index contributed by atoms with van der Waals surface area (Å²) in [6, 6.07) is 1.81. The van der Waals surface area contributed by atoms with Crippen LogP contribution in [0.15, 0.2) is 23.0 Å². The number of hydrogen-bond donors (Lipinski definition) is 0. The van der Waals surface area contributed by atoms with Gasteiger partial charge in [-0.3, -0.25) is 14.4 Å². The maximum atomic E-state index is 13.3. The molecule has 4 heterocycles. The molecule has 3 saturated heterocycles. The van der Waals surface area contributed by atoms with Crippen LogP contribution in [0.25, 0.3) is 0 Å². The van der Waals surface area contributed by atoms with Gasteiger partial charge in [0.05, 0.1) is 42.0 Å².